The molecule has 1 rings (SSSR count). The summed E-state index contributed by atoms with van der Waals surface area (Å²) in [5, 5.41) is 0. The van der Waals surface area contributed by atoms with E-state index in [1.54, 1.807) is 16.9 Å². The fourth-order valence-corrected chi connectivity index (χ4v) is 1.95. The van der Waals surface area contributed by atoms with Crippen LogP contribution in [-0.2, 0) is 14.3 Å². The molecule has 1 heterocycles. The molecule has 1 aliphatic rings. The van der Waals surface area contributed by atoms with E-state index in [9.17, 15) is 9.59 Å². The standard InChI is InChI=1S/C11H19ClN2O3/c1-17-9-3-11(16)14-7-5-13(6-8-14)10(15)2-4-12/h2-9H2,1H3. The van der Waals surface area contributed by atoms with Crippen molar-refractivity contribution in [3.05, 3.63) is 0 Å². The third-order valence-corrected chi connectivity index (χ3v) is 3.00. The number of piperazine rings is 1. The Hall–Kier alpha value is -0.810. The summed E-state index contributed by atoms with van der Waals surface area (Å²) >= 11 is 5.53. The van der Waals surface area contributed by atoms with E-state index in [4.69, 9.17) is 16.3 Å². The smallest absolute Gasteiger partial charge is 0.225 e. The third-order valence-electron chi connectivity index (χ3n) is 2.81. The highest BCUT2D eigenvalue weighted by Gasteiger charge is 2.23. The van der Waals surface area contributed by atoms with Crippen molar-refractivity contribution in [1.82, 2.24) is 9.80 Å². The fourth-order valence-electron chi connectivity index (χ4n) is 1.79. The van der Waals surface area contributed by atoms with E-state index < -0.39 is 0 Å². The molecular weight excluding hydrogens is 244 g/mol. The van der Waals surface area contributed by atoms with Gasteiger partial charge in [-0.15, -0.1) is 11.6 Å². The number of hydrogen-bond acceptors (Lipinski definition) is 3. The van der Waals surface area contributed by atoms with E-state index in [0.717, 1.165) is 0 Å². The van der Waals surface area contributed by atoms with Gasteiger partial charge in [-0.3, -0.25) is 9.59 Å². The van der Waals surface area contributed by atoms with Gasteiger partial charge in [0.15, 0.2) is 0 Å². The number of carbonyl (C=O) groups excluding carboxylic acids is 2. The van der Waals surface area contributed by atoms with E-state index in [2.05, 4.69) is 0 Å². The van der Waals surface area contributed by atoms with Crippen LogP contribution in [0.1, 0.15) is 12.8 Å². The molecule has 0 aromatic heterocycles. The minimum Gasteiger partial charge on any atom is -0.384 e. The molecule has 0 saturated carbocycles. The highest BCUT2D eigenvalue weighted by atomic mass is 35.5. The third kappa shape index (κ3) is 4.52. The Labute approximate surface area is 107 Å². The second-order valence-electron chi connectivity index (χ2n) is 3.94. The van der Waals surface area contributed by atoms with Crippen molar-refractivity contribution in [2.75, 3.05) is 45.8 Å². The first-order chi connectivity index (χ1) is 8.19. The summed E-state index contributed by atoms with van der Waals surface area (Å²) in [5.74, 6) is 0.520. The summed E-state index contributed by atoms with van der Waals surface area (Å²) in [6.45, 7) is 2.88. The van der Waals surface area contributed by atoms with Crippen LogP contribution >= 0.6 is 11.6 Å². The van der Waals surface area contributed by atoms with Crippen LogP contribution in [0, 0.1) is 0 Å². The number of ether oxygens (including phenoxy) is 1. The monoisotopic (exact) mass is 262 g/mol. The Balaban J connectivity index is 2.30. The molecule has 0 aromatic carbocycles. The maximum absolute atomic E-state index is 11.7. The van der Waals surface area contributed by atoms with Gasteiger partial charge >= 0.3 is 0 Å². The van der Waals surface area contributed by atoms with Gasteiger partial charge in [0.25, 0.3) is 0 Å². The van der Waals surface area contributed by atoms with Crippen LogP contribution in [0.4, 0.5) is 0 Å². The Morgan fingerprint density at radius 1 is 1.06 bits per heavy atom. The van der Waals surface area contributed by atoms with Crippen LogP contribution in [0.2, 0.25) is 0 Å². The first kappa shape index (κ1) is 14.3. The van der Waals surface area contributed by atoms with E-state index in [-0.39, 0.29) is 11.8 Å². The van der Waals surface area contributed by atoms with Gasteiger partial charge in [-0.2, -0.15) is 0 Å². The van der Waals surface area contributed by atoms with E-state index in [1.165, 1.54) is 0 Å². The molecule has 0 aromatic rings. The summed E-state index contributed by atoms with van der Waals surface area (Å²) in [4.78, 5) is 26.8. The van der Waals surface area contributed by atoms with Gasteiger partial charge in [-0.25, -0.2) is 0 Å². The van der Waals surface area contributed by atoms with E-state index in [0.29, 0.717) is 51.5 Å². The summed E-state index contributed by atoms with van der Waals surface area (Å²) in [6.07, 6.45) is 0.783. The number of methoxy groups -OCH3 is 1. The lowest BCUT2D eigenvalue weighted by Crippen LogP contribution is -2.50. The topological polar surface area (TPSA) is 49.9 Å². The predicted octanol–water partition coefficient (Wildman–Crippen LogP) is 0.323. The number of halogens is 1. The maximum atomic E-state index is 11.7. The minimum absolute atomic E-state index is 0.0731. The number of alkyl halides is 1. The Morgan fingerprint density at radius 3 is 1.94 bits per heavy atom. The first-order valence-electron chi connectivity index (χ1n) is 5.79. The van der Waals surface area contributed by atoms with Crippen LogP contribution in [0.15, 0.2) is 0 Å². The molecular formula is C11H19ClN2O3. The molecule has 1 fully saturated rings. The molecule has 0 N–H and O–H groups in total. The molecule has 17 heavy (non-hydrogen) atoms. The molecule has 98 valence electrons. The number of rotatable bonds is 5. The largest absolute Gasteiger partial charge is 0.384 e. The fraction of sp³-hybridized carbons (Fsp3) is 0.818. The average molecular weight is 263 g/mol. The molecule has 0 atom stereocenters. The van der Waals surface area contributed by atoms with Crippen molar-refractivity contribution in [3.8, 4) is 0 Å². The van der Waals surface area contributed by atoms with Crippen LogP contribution in [0.3, 0.4) is 0 Å². The summed E-state index contributed by atoms with van der Waals surface area (Å²) in [7, 11) is 1.58. The minimum atomic E-state index is 0.0731. The number of hydrogen-bond donors (Lipinski definition) is 0. The average Bonchev–Trinajstić information content (AvgIpc) is 2.36. The molecule has 2 amide bonds. The van der Waals surface area contributed by atoms with Crippen molar-refractivity contribution in [1.29, 1.82) is 0 Å². The zero-order chi connectivity index (χ0) is 12.7. The van der Waals surface area contributed by atoms with Gasteiger partial charge in [0, 0.05) is 45.6 Å². The van der Waals surface area contributed by atoms with Gasteiger partial charge in [0.1, 0.15) is 0 Å². The van der Waals surface area contributed by atoms with E-state index >= 15 is 0 Å². The highest BCUT2D eigenvalue weighted by molar-refractivity contribution is 6.18. The molecule has 0 aliphatic carbocycles. The molecule has 6 heteroatoms. The zero-order valence-electron chi connectivity index (χ0n) is 10.2. The molecule has 0 bridgehead atoms. The second-order valence-corrected chi connectivity index (χ2v) is 4.32. The summed E-state index contributed by atoms with van der Waals surface area (Å²) in [5.41, 5.74) is 0. The van der Waals surface area contributed by atoms with E-state index in [1.807, 2.05) is 0 Å². The molecule has 0 radical (unpaired) electrons. The van der Waals surface area contributed by atoms with Crippen LogP contribution < -0.4 is 0 Å². The Morgan fingerprint density at radius 2 is 1.53 bits per heavy atom. The van der Waals surface area contributed by atoms with Crippen LogP contribution in [0.5, 0.6) is 0 Å². The van der Waals surface area contributed by atoms with Crippen molar-refractivity contribution in [2.24, 2.45) is 0 Å². The molecule has 1 saturated heterocycles. The van der Waals surface area contributed by atoms with Gasteiger partial charge in [0.05, 0.1) is 13.0 Å². The molecule has 0 spiro atoms. The first-order valence-corrected chi connectivity index (χ1v) is 6.33. The van der Waals surface area contributed by atoms with Crippen LogP contribution in [-0.4, -0.2) is 67.4 Å². The zero-order valence-corrected chi connectivity index (χ0v) is 10.9. The lowest BCUT2D eigenvalue weighted by molar-refractivity contribution is -0.139. The highest BCUT2D eigenvalue weighted by Crippen LogP contribution is 2.06. The van der Waals surface area contributed by atoms with Crippen molar-refractivity contribution >= 4 is 23.4 Å². The predicted molar refractivity (Wildman–Crippen MR) is 65.0 cm³/mol. The van der Waals surface area contributed by atoms with Crippen molar-refractivity contribution in [2.45, 2.75) is 12.8 Å². The quantitative estimate of drug-likeness (QED) is 0.671. The van der Waals surface area contributed by atoms with Gasteiger partial charge in [0.2, 0.25) is 11.8 Å². The molecule has 5 nitrogen and oxygen atoms in total. The maximum Gasteiger partial charge on any atom is 0.225 e. The van der Waals surface area contributed by atoms with Gasteiger partial charge < -0.3 is 14.5 Å². The number of carbonyl (C=O) groups is 2. The molecule has 1 aliphatic heterocycles. The second kappa shape index (κ2) is 7.50. The SMILES string of the molecule is COCCC(=O)N1CCN(C(=O)CCCl)CC1. The van der Waals surface area contributed by atoms with Crippen molar-refractivity contribution < 1.29 is 14.3 Å². The lowest BCUT2D eigenvalue weighted by Gasteiger charge is -2.34. The number of nitrogens with zero attached hydrogens (tertiary/aromatic N) is 2. The van der Waals surface area contributed by atoms with Crippen molar-refractivity contribution in [3.63, 3.8) is 0 Å². The van der Waals surface area contributed by atoms with Gasteiger partial charge in [-0.1, -0.05) is 0 Å². The summed E-state index contributed by atoms with van der Waals surface area (Å²) < 4.78 is 4.87. The molecule has 0 unspecified atom stereocenters. The normalized spacial score (nSPS) is 16.1. The Bertz CT molecular complexity index is 265. The lowest BCUT2D eigenvalue weighted by atomic mass is 10.2. The van der Waals surface area contributed by atoms with Crippen LogP contribution in [0.25, 0.3) is 0 Å². The number of amides is 2. The summed E-state index contributed by atoms with van der Waals surface area (Å²) in [6, 6.07) is 0. The van der Waals surface area contributed by atoms with Gasteiger partial charge in [-0.05, 0) is 0 Å². The Kier molecular flexibility index (Phi) is 6.29.